The van der Waals surface area contributed by atoms with Crippen molar-refractivity contribution < 1.29 is 13.9 Å². The van der Waals surface area contributed by atoms with E-state index in [0.717, 1.165) is 12.8 Å². The summed E-state index contributed by atoms with van der Waals surface area (Å²) in [6.45, 7) is 3.66. The zero-order chi connectivity index (χ0) is 10.8. The Morgan fingerprint density at radius 2 is 2.20 bits per heavy atom. The highest BCUT2D eigenvalue weighted by molar-refractivity contribution is 5.25. The van der Waals surface area contributed by atoms with E-state index in [1.54, 1.807) is 0 Å². The minimum atomic E-state index is -0.471. The van der Waals surface area contributed by atoms with E-state index in [0.29, 0.717) is 5.75 Å². The summed E-state index contributed by atoms with van der Waals surface area (Å²) >= 11 is 0. The molecule has 0 aromatic carbocycles. The zero-order valence-electron chi connectivity index (χ0n) is 8.87. The second kappa shape index (κ2) is 4.04. The Balaban J connectivity index is 2.07. The molecule has 15 heavy (non-hydrogen) atoms. The van der Waals surface area contributed by atoms with Gasteiger partial charge in [0.2, 0.25) is 0 Å². The van der Waals surface area contributed by atoms with E-state index in [2.05, 4.69) is 4.98 Å². The quantitative estimate of drug-likeness (QED) is 0.767. The molecule has 0 amide bonds. The Bertz CT molecular complexity index is 350. The number of ether oxygens (including phenoxy) is 2. The zero-order valence-corrected chi connectivity index (χ0v) is 8.87. The molecule has 1 aliphatic rings. The highest BCUT2D eigenvalue weighted by Crippen LogP contribution is 2.28. The van der Waals surface area contributed by atoms with Crippen molar-refractivity contribution in [3.05, 3.63) is 18.1 Å². The van der Waals surface area contributed by atoms with Gasteiger partial charge in [-0.05, 0) is 26.7 Å². The van der Waals surface area contributed by atoms with Crippen LogP contribution in [0.3, 0.4) is 0 Å². The van der Waals surface area contributed by atoms with Crippen molar-refractivity contribution in [2.75, 3.05) is 0 Å². The number of hydrogen-bond acceptors (Lipinski definition) is 3. The molecule has 1 saturated carbocycles. The molecule has 1 aromatic rings. The molecule has 1 fully saturated rings. The maximum Gasteiger partial charge on any atom is 0.250 e. The van der Waals surface area contributed by atoms with Crippen molar-refractivity contribution in [1.82, 2.24) is 4.98 Å². The first-order valence-electron chi connectivity index (χ1n) is 5.14. The lowest BCUT2D eigenvalue weighted by molar-refractivity contribution is 0.218. The molecular weight excluding hydrogens is 197 g/mol. The summed E-state index contributed by atoms with van der Waals surface area (Å²) < 4.78 is 24.0. The number of hydrogen-bond donors (Lipinski definition) is 0. The molecule has 0 saturated heterocycles. The number of aromatic nitrogens is 1. The lowest BCUT2D eigenvalue weighted by Gasteiger charge is -2.10. The largest absolute Gasteiger partial charge is 0.489 e. The second-order valence-corrected chi connectivity index (χ2v) is 3.94. The van der Waals surface area contributed by atoms with Gasteiger partial charge in [-0.25, -0.2) is 9.37 Å². The first kappa shape index (κ1) is 10.2. The van der Waals surface area contributed by atoms with Crippen LogP contribution in [0.5, 0.6) is 11.6 Å². The number of pyridine rings is 1. The van der Waals surface area contributed by atoms with E-state index in [4.69, 9.17) is 9.47 Å². The van der Waals surface area contributed by atoms with Gasteiger partial charge in [-0.1, -0.05) is 0 Å². The van der Waals surface area contributed by atoms with Crippen LogP contribution in [0, 0.1) is 5.82 Å². The van der Waals surface area contributed by atoms with Gasteiger partial charge in [0.1, 0.15) is 5.75 Å². The molecule has 0 spiro atoms. The first-order chi connectivity index (χ1) is 7.15. The number of halogens is 1. The van der Waals surface area contributed by atoms with E-state index in [-0.39, 0.29) is 18.1 Å². The molecule has 3 nitrogen and oxygen atoms in total. The maximum atomic E-state index is 13.4. The van der Waals surface area contributed by atoms with Gasteiger partial charge in [0.25, 0.3) is 5.88 Å². The molecule has 0 aliphatic heterocycles. The minimum absolute atomic E-state index is 0.0353. The molecule has 1 heterocycles. The fraction of sp³-hybridized carbons (Fsp3) is 0.545. The average molecular weight is 211 g/mol. The van der Waals surface area contributed by atoms with Crippen LogP contribution in [0.4, 0.5) is 4.39 Å². The summed E-state index contributed by atoms with van der Waals surface area (Å²) in [6, 6.07) is 1.32. The number of nitrogens with zero attached hydrogens (tertiary/aromatic N) is 1. The van der Waals surface area contributed by atoms with Gasteiger partial charge in [-0.3, -0.25) is 0 Å². The Hall–Kier alpha value is -1.32. The Morgan fingerprint density at radius 3 is 2.73 bits per heavy atom. The van der Waals surface area contributed by atoms with Gasteiger partial charge >= 0.3 is 0 Å². The summed E-state index contributed by atoms with van der Waals surface area (Å²) in [4.78, 5) is 3.88. The van der Waals surface area contributed by atoms with Crippen LogP contribution >= 0.6 is 0 Å². The van der Waals surface area contributed by atoms with Gasteiger partial charge in [-0.15, -0.1) is 0 Å². The van der Waals surface area contributed by atoms with Crippen molar-refractivity contribution in [1.29, 1.82) is 0 Å². The summed E-state index contributed by atoms with van der Waals surface area (Å²) in [5, 5.41) is 0. The summed E-state index contributed by atoms with van der Waals surface area (Å²) in [7, 11) is 0. The number of rotatable bonds is 4. The molecule has 1 aromatic heterocycles. The molecule has 0 bridgehead atoms. The molecule has 1 aliphatic carbocycles. The Kier molecular flexibility index (Phi) is 2.75. The molecule has 2 rings (SSSR count). The fourth-order valence-corrected chi connectivity index (χ4v) is 1.16. The van der Waals surface area contributed by atoms with Gasteiger partial charge in [-0.2, -0.15) is 0 Å². The fourth-order valence-electron chi connectivity index (χ4n) is 1.16. The van der Waals surface area contributed by atoms with Crippen LogP contribution < -0.4 is 9.47 Å². The van der Waals surface area contributed by atoms with Crippen LogP contribution in [-0.2, 0) is 0 Å². The van der Waals surface area contributed by atoms with Gasteiger partial charge < -0.3 is 9.47 Å². The highest BCUT2D eigenvalue weighted by atomic mass is 19.1. The van der Waals surface area contributed by atoms with E-state index in [9.17, 15) is 4.39 Å². The van der Waals surface area contributed by atoms with Crippen molar-refractivity contribution in [3.8, 4) is 11.6 Å². The van der Waals surface area contributed by atoms with Crippen LogP contribution in [0.2, 0.25) is 0 Å². The van der Waals surface area contributed by atoms with Crippen LogP contribution in [-0.4, -0.2) is 17.2 Å². The van der Waals surface area contributed by atoms with E-state index in [1.165, 1.54) is 12.3 Å². The smallest absolute Gasteiger partial charge is 0.250 e. The summed E-state index contributed by atoms with van der Waals surface area (Å²) in [5.74, 6) is 0.0427. The van der Waals surface area contributed by atoms with E-state index in [1.807, 2.05) is 13.8 Å². The molecule has 0 radical (unpaired) electrons. The summed E-state index contributed by atoms with van der Waals surface area (Å²) in [6.07, 6.45) is 3.77. The molecule has 4 heteroatoms. The van der Waals surface area contributed by atoms with Crippen LogP contribution in [0.1, 0.15) is 26.7 Å². The van der Waals surface area contributed by atoms with Gasteiger partial charge in [0.05, 0.1) is 18.4 Å². The van der Waals surface area contributed by atoms with Crippen LogP contribution in [0.25, 0.3) is 0 Å². The Morgan fingerprint density at radius 1 is 1.47 bits per heavy atom. The van der Waals surface area contributed by atoms with Crippen molar-refractivity contribution in [2.24, 2.45) is 0 Å². The average Bonchev–Trinajstić information content (AvgIpc) is 2.93. The SMILES string of the molecule is CC(C)Oc1ncc(OC2CC2)cc1F. The molecule has 0 unspecified atom stereocenters. The minimum Gasteiger partial charge on any atom is -0.489 e. The first-order valence-corrected chi connectivity index (χ1v) is 5.14. The lowest BCUT2D eigenvalue weighted by Crippen LogP contribution is -2.08. The lowest BCUT2D eigenvalue weighted by atomic mass is 10.4. The van der Waals surface area contributed by atoms with E-state index >= 15 is 0 Å². The third kappa shape index (κ3) is 2.81. The van der Waals surface area contributed by atoms with Crippen molar-refractivity contribution >= 4 is 0 Å². The maximum absolute atomic E-state index is 13.4. The highest BCUT2D eigenvalue weighted by Gasteiger charge is 2.24. The van der Waals surface area contributed by atoms with Crippen LogP contribution in [0.15, 0.2) is 12.3 Å². The molecular formula is C11H14FNO2. The van der Waals surface area contributed by atoms with Gasteiger partial charge in [0.15, 0.2) is 5.82 Å². The Labute approximate surface area is 88.2 Å². The van der Waals surface area contributed by atoms with Crippen molar-refractivity contribution in [3.63, 3.8) is 0 Å². The molecule has 0 atom stereocenters. The molecule has 0 N–H and O–H groups in total. The normalized spacial score (nSPS) is 15.5. The van der Waals surface area contributed by atoms with Gasteiger partial charge in [0, 0.05) is 6.07 Å². The predicted octanol–water partition coefficient (Wildman–Crippen LogP) is 2.55. The monoisotopic (exact) mass is 211 g/mol. The predicted molar refractivity (Wildman–Crippen MR) is 53.6 cm³/mol. The topological polar surface area (TPSA) is 31.4 Å². The standard InChI is InChI=1S/C11H14FNO2/c1-7(2)14-11-10(12)5-9(6-13-11)15-8-3-4-8/h5-8H,3-4H2,1-2H3. The van der Waals surface area contributed by atoms with Crippen molar-refractivity contribution in [2.45, 2.75) is 38.9 Å². The summed E-state index contributed by atoms with van der Waals surface area (Å²) in [5.41, 5.74) is 0. The second-order valence-electron chi connectivity index (χ2n) is 3.94. The van der Waals surface area contributed by atoms with E-state index < -0.39 is 5.82 Å². The third-order valence-corrected chi connectivity index (χ3v) is 1.96. The third-order valence-electron chi connectivity index (χ3n) is 1.96. The molecule has 82 valence electrons.